The molecule has 2 aromatic rings. The summed E-state index contributed by atoms with van der Waals surface area (Å²) in [4.78, 5) is 8.22. The predicted octanol–water partition coefficient (Wildman–Crippen LogP) is 3.36. The van der Waals surface area contributed by atoms with Gasteiger partial charge in [-0.05, 0) is 30.7 Å². The Morgan fingerprint density at radius 1 is 1.00 bits per heavy atom. The highest BCUT2D eigenvalue weighted by atomic mass is 79.9. The molecule has 0 atom stereocenters. The molecule has 6 heteroatoms. The van der Waals surface area contributed by atoms with E-state index in [2.05, 4.69) is 25.9 Å². The van der Waals surface area contributed by atoms with Crippen LogP contribution in [-0.4, -0.2) is 24.2 Å². The Bertz CT molecular complexity index is 568. The Labute approximate surface area is 119 Å². The lowest BCUT2D eigenvalue weighted by Gasteiger charge is -2.09. The van der Waals surface area contributed by atoms with E-state index in [0.717, 1.165) is 10.0 Å². The van der Waals surface area contributed by atoms with Crippen LogP contribution in [0.15, 0.2) is 28.7 Å². The largest absolute Gasteiger partial charge is 0.481 e. The lowest BCUT2D eigenvalue weighted by molar-refractivity contribution is 0.347. The zero-order chi connectivity index (χ0) is 13.8. The standard InChI is InChI=1S/C13H13BrN2O3/c1-8-6-9(14)4-5-10(8)19-13-15-11(17-2)7-12(16-13)18-3/h4-7H,1-3H3. The molecule has 5 nitrogen and oxygen atoms in total. The van der Waals surface area contributed by atoms with Crippen molar-refractivity contribution in [2.45, 2.75) is 6.92 Å². The third kappa shape index (κ3) is 3.35. The summed E-state index contributed by atoms with van der Waals surface area (Å²) in [5.41, 5.74) is 0.972. The summed E-state index contributed by atoms with van der Waals surface area (Å²) in [6, 6.07) is 7.45. The molecule has 0 unspecified atom stereocenters. The molecule has 2 rings (SSSR count). The topological polar surface area (TPSA) is 53.5 Å². The zero-order valence-electron chi connectivity index (χ0n) is 10.8. The van der Waals surface area contributed by atoms with Crippen molar-refractivity contribution in [3.05, 3.63) is 34.3 Å². The van der Waals surface area contributed by atoms with E-state index < -0.39 is 0 Å². The van der Waals surface area contributed by atoms with Gasteiger partial charge >= 0.3 is 6.01 Å². The number of methoxy groups -OCH3 is 2. The maximum absolute atomic E-state index is 5.65. The van der Waals surface area contributed by atoms with Gasteiger partial charge in [0, 0.05) is 4.47 Å². The molecule has 0 radical (unpaired) electrons. The summed E-state index contributed by atoms with van der Waals surface area (Å²) in [6.45, 7) is 1.94. The first kappa shape index (κ1) is 13.6. The van der Waals surface area contributed by atoms with Gasteiger partial charge in [-0.2, -0.15) is 9.97 Å². The van der Waals surface area contributed by atoms with Crippen molar-refractivity contribution in [3.8, 4) is 23.5 Å². The molecule has 0 aliphatic rings. The monoisotopic (exact) mass is 324 g/mol. The predicted molar refractivity (Wildman–Crippen MR) is 74.1 cm³/mol. The van der Waals surface area contributed by atoms with Crippen molar-refractivity contribution in [1.82, 2.24) is 9.97 Å². The van der Waals surface area contributed by atoms with Crippen molar-refractivity contribution in [2.75, 3.05) is 14.2 Å². The summed E-state index contributed by atoms with van der Waals surface area (Å²) in [5, 5.41) is 0. The van der Waals surface area contributed by atoms with E-state index in [1.807, 2.05) is 25.1 Å². The maximum Gasteiger partial charge on any atom is 0.328 e. The molecule has 0 N–H and O–H groups in total. The van der Waals surface area contributed by atoms with Crippen LogP contribution in [0.3, 0.4) is 0 Å². The second-order valence-corrected chi connectivity index (χ2v) is 4.66. The van der Waals surface area contributed by atoms with Crippen LogP contribution in [0, 0.1) is 6.92 Å². The summed E-state index contributed by atoms with van der Waals surface area (Å²) in [7, 11) is 3.05. The zero-order valence-corrected chi connectivity index (χ0v) is 12.4. The highest BCUT2D eigenvalue weighted by molar-refractivity contribution is 9.10. The van der Waals surface area contributed by atoms with Crippen molar-refractivity contribution in [3.63, 3.8) is 0 Å². The number of halogens is 1. The van der Waals surface area contributed by atoms with Crippen molar-refractivity contribution >= 4 is 15.9 Å². The van der Waals surface area contributed by atoms with Crippen molar-refractivity contribution in [1.29, 1.82) is 0 Å². The Morgan fingerprint density at radius 3 is 2.16 bits per heavy atom. The van der Waals surface area contributed by atoms with E-state index in [1.54, 1.807) is 6.07 Å². The molecule has 1 heterocycles. The summed E-state index contributed by atoms with van der Waals surface area (Å²) in [6.07, 6.45) is 0. The van der Waals surface area contributed by atoms with E-state index in [4.69, 9.17) is 14.2 Å². The second kappa shape index (κ2) is 5.88. The van der Waals surface area contributed by atoms with Gasteiger partial charge < -0.3 is 14.2 Å². The normalized spacial score (nSPS) is 10.1. The van der Waals surface area contributed by atoms with Crippen LogP contribution in [0.4, 0.5) is 0 Å². The molecule has 1 aromatic carbocycles. The number of benzene rings is 1. The first-order chi connectivity index (χ1) is 9.12. The number of hydrogen-bond donors (Lipinski definition) is 0. The lowest BCUT2D eigenvalue weighted by atomic mass is 10.2. The Hall–Kier alpha value is -1.82. The molecule has 100 valence electrons. The smallest absolute Gasteiger partial charge is 0.328 e. The van der Waals surface area contributed by atoms with E-state index >= 15 is 0 Å². The molecule has 0 amide bonds. The minimum atomic E-state index is 0.182. The third-order valence-corrected chi connectivity index (χ3v) is 2.91. The van der Waals surface area contributed by atoms with Crippen LogP contribution in [0.1, 0.15) is 5.56 Å². The van der Waals surface area contributed by atoms with Crippen LogP contribution in [-0.2, 0) is 0 Å². The first-order valence-electron chi connectivity index (χ1n) is 5.53. The van der Waals surface area contributed by atoms with Crippen LogP contribution in [0.5, 0.6) is 23.5 Å². The van der Waals surface area contributed by atoms with Crippen molar-refractivity contribution < 1.29 is 14.2 Å². The molecule has 19 heavy (non-hydrogen) atoms. The molecule has 0 bridgehead atoms. The molecular formula is C13H13BrN2O3. The van der Waals surface area contributed by atoms with E-state index in [1.165, 1.54) is 14.2 Å². The molecule has 0 aliphatic heterocycles. The molecule has 0 saturated carbocycles. The van der Waals surface area contributed by atoms with Gasteiger partial charge in [-0.1, -0.05) is 15.9 Å². The fourth-order valence-electron chi connectivity index (χ4n) is 1.46. The van der Waals surface area contributed by atoms with E-state index in [-0.39, 0.29) is 6.01 Å². The van der Waals surface area contributed by atoms with Crippen LogP contribution < -0.4 is 14.2 Å². The fraction of sp³-hybridized carbons (Fsp3) is 0.231. The average molecular weight is 325 g/mol. The maximum atomic E-state index is 5.65. The van der Waals surface area contributed by atoms with Gasteiger partial charge in [0.2, 0.25) is 11.8 Å². The second-order valence-electron chi connectivity index (χ2n) is 3.75. The third-order valence-electron chi connectivity index (χ3n) is 2.42. The van der Waals surface area contributed by atoms with Crippen LogP contribution in [0.2, 0.25) is 0 Å². The van der Waals surface area contributed by atoms with Gasteiger partial charge in [0.1, 0.15) is 5.75 Å². The number of ether oxygens (including phenoxy) is 3. The average Bonchev–Trinajstić information content (AvgIpc) is 2.41. The lowest BCUT2D eigenvalue weighted by Crippen LogP contribution is -1.98. The highest BCUT2D eigenvalue weighted by Crippen LogP contribution is 2.27. The molecule has 1 aromatic heterocycles. The first-order valence-corrected chi connectivity index (χ1v) is 6.32. The summed E-state index contributed by atoms with van der Waals surface area (Å²) >= 11 is 3.40. The van der Waals surface area contributed by atoms with Gasteiger partial charge in [0.15, 0.2) is 0 Å². The molecule has 0 spiro atoms. The Morgan fingerprint density at radius 2 is 1.63 bits per heavy atom. The van der Waals surface area contributed by atoms with E-state index in [9.17, 15) is 0 Å². The Balaban J connectivity index is 2.31. The quantitative estimate of drug-likeness (QED) is 0.863. The minimum Gasteiger partial charge on any atom is -0.481 e. The minimum absolute atomic E-state index is 0.182. The van der Waals surface area contributed by atoms with Crippen LogP contribution in [0.25, 0.3) is 0 Å². The van der Waals surface area contributed by atoms with Crippen molar-refractivity contribution in [2.24, 2.45) is 0 Å². The molecular weight excluding hydrogens is 312 g/mol. The Kier molecular flexibility index (Phi) is 4.21. The number of aromatic nitrogens is 2. The SMILES string of the molecule is COc1cc(OC)nc(Oc2ccc(Br)cc2C)n1. The number of aryl methyl sites for hydroxylation is 1. The highest BCUT2D eigenvalue weighted by Gasteiger charge is 2.09. The number of nitrogens with zero attached hydrogens (tertiary/aromatic N) is 2. The van der Waals surface area contributed by atoms with Gasteiger partial charge in [-0.15, -0.1) is 0 Å². The fourth-order valence-corrected chi connectivity index (χ4v) is 1.94. The number of hydrogen-bond acceptors (Lipinski definition) is 5. The van der Waals surface area contributed by atoms with Gasteiger partial charge in [-0.25, -0.2) is 0 Å². The molecule has 0 fully saturated rings. The van der Waals surface area contributed by atoms with Crippen LogP contribution >= 0.6 is 15.9 Å². The molecule has 0 aliphatic carbocycles. The van der Waals surface area contributed by atoms with Gasteiger partial charge in [0.25, 0.3) is 0 Å². The summed E-state index contributed by atoms with van der Waals surface area (Å²) < 4.78 is 16.8. The van der Waals surface area contributed by atoms with E-state index in [0.29, 0.717) is 17.5 Å². The van der Waals surface area contributed by atoms with Gasteiger partial charge in [-0.3, -0.25) is 0 Å². The molecule has 0 saturated heterocycles. The van der Waals surface area contributed by atoms with Gasteiger partial charge in [0.05, 0.1) is 20.3 Å². The summed E-state index contributed by atoms with van der Waals surface area (Å²) in [5.74, 6) is 1.45. The number of rotatable bonds is 4.